The number of phenols is 1. The monoisotopic (exact) mass is 234 g/mol. The lowest BCUT2D eigenvalue weighted by Gasteiger charge is -2.09. The lowest BCUT2D eigenvalue weighted by molar-refractivity contribution is 0.480. The molecule has 1 N–H and O–H groups in total. The van der Waals surface area contributed by atoms with E-state index in [1.165, 1.54) is 5.39 Å². The maximum absolute atomic E-state index is 10.3. The van der Waals surface area contributed by atoms with Gasteiger partial charge in [0.2, 0.25) is 0 Å². The van der Waals surface area contributed by atoms with E-state index in [0.29, 0.717) is 5.75 Å². The van der Waals surface area contributed by atoms with Crippen LogP contribution in [0.2, 0.25) is 0 Å². The Bertz CT molecular complexity index is 769. The zero-order valence-electron chi connectivity index (χ0n) is 10.3. The minimum Gasteiger partial charge on any atom is -0.507 e. The molecule has 1 nitrogen and oxygen atoms in total. The van der Waals surface area contributed by atoms with Gasteiger partial charge in [0, 0.05) is 10.9 Å². The quantitative estimate of drug-likeness (QED) is 0.603. The molecule has 0 aromatic heterocycles. The summed E-state index contributed by atoms with van der Waals surface area (Å²) in [6.07, 6.45) is 0. The van der Waals surface area contributed by atoms with Crippen molar-refractivity contribution in [1.82, 2.24) is 0 Å². The van der Waals surface area contributed by atoms with Gasteiger partial charge in [-0.05, 0) is 40.8 Å². The highest BCUT2D eigenvalue weighted by molar-refractivity contribution is 6.02. The van der Waals surface area contributed by atoms with Crippen LogP contribution in [0.25, 0.3) is 27.1 Å². The van der Waals surface area contributed by atoms with Crippen LogP contribution in [0.4, 0.5) is 0 Å². The molecule has 1 heteroatoms. The summed E-state index contributed by atoms with van der Waals surface area (Å²) in [5, 5.41) is 14.6. The Morgan fingerprint density at radius 2 is 1.61 bits per heavy atom. The third kappa shape index (κ3) is 1.56. The number of benzene rings is 3. The van der Waals surface area contributed by atoms with Crippen molar-refractivity contribution in [3.05, 3.63) is 60.7 Å². The lowest BCUT2D eigenvalue weighted by atomic mass is 9.98. The summed E-state index contributed by atoms with van der Waals surface area (Å²) in [6.45, 7) is 5.80. The standard InChI is InChI=1S/C17H14O/c1-11(2)15-8-7-14-9-12-5-3-4-6-13(12)10-16(14)17(15)18/h3-10,18H,1H2,2H3. The summed E-state index contributed by atoms with van der Waals surface area (Å²) in [4.78, 5) is 0. The fourth-order valence-corrected chi connectivity index (χ4v) is 2.34. The van der Waals surface area contributed by atoms with E-state index in [-0.39, 0.29) is 0 Å². The summed E-state index contributed by atoms with van der Waals surface area (Å²) in [6, 6.07) is 16.3. The number of fused-ring (bicyclic) bond motifs is 2. The van der Waals surface area contributed by atoms with E-state index >= 15 is 0 Å². The molecule has 0 saturated heterocycles. The molecule has 0 fully saturated rings. The molecular formula is C17H14O. The van der Waals surface area contributed by atoms with Crippen molar-refractivity contribution in [2.24, 2.45) is 0 Å². The molecule has 0 bridgehead atoms. The zero-order chi connectivity index (χ0) is 12.7. The molecule has 3 rings (SSSR count). The van der Waals surface area contributed by atoms with Gasteiger partial charge in [-0.2, -0.15) is 0 Å². The van der Waals surface area contributed by atoms with Crippen LogP contribution in [0.15, 0.2) is 55.1 Å². The zero-order valence-corrected chi connectivity index (χ0v) is 10.3. The van der Waals surface area contributed by atoms with Crippen LogP contribution in [0, 0.1) is 0 Å². The van der Waals surface area contributed by atoms with Gasteiger partial charge in [0.05, 0.1) is 0 Å². The number of aromatic hydroxyl groups is 1. The van der Waals surface area contributed by atoms with Crippen LogP contribution in [0.5, 0.6) is 5.75 Å². The molecule has 0 amide bonds. The Morgan fingerprint density at radius 1 is 0.944 bits per heavy atom. The fourth-order valence-electron chi connectivity index (χ4n) is 2.34. The van der Waals surface area contributed by atoms with Gasteiger partial charge in [-0.15, -0.1) is 0 Å². The van der Waals surface area contributed by atoms with Gasteiger partial charge in [-0.25, -0.2) is 0 Å². The second-order valence-corrected chi connectivity index (χ2v) is 4.66. The molecule has 0 aliphatic heterocycles. The van der Waals surface area contributed by atoms with Crippen molar-refractivity contribution in [2.75, 3.05) is 0 Å². The summed E-state index contributed by atoms with van der Waals surface area (Å²) in [5.74, 6) is 0.325. The van der Waals surface area contributed by atoms with Gasteiger partial charge in [-0.1, -0.05) is 43.0 Å². The molecule has 3 aromatic rings. The molecule has 3 aromatic carbocycles. The van der Waals surface area contributed by atoms with Gasteiger partial charge in [0.1, 0.15) is 5.75 Å². The number of allylic oxidation sites excluding steroid dienone is 1. The molecular weight excluding hydrogens is 220 g/mol. The second-order valence-electron chi connectivity index (χ2n) is 4.66. The van der Waals surface area contributed by atoms with Crippen LogP contribution in [0.3, 0.4) is 0 Å². The topological polar surface area (TPSA) is 20.2 Å². The van der Waals surface area contributed by atoms with Gasteiger partial charge in [0.25, 0.3) is 0 Å². The molecule has 0 radical (unpaired) electrons. The Morgan fingerprint density at radius 3 is 2.28 bits per heavy atom. The first-order valence-corrected chi connectivity index (χ1v) is 5.97. The van der Waals surface area contributed by atoms with Crippen LogP contribution < -0.4 is 0 Å². The molecule has 0 aliphatic rings. The normalized spacial score (nSPS) is 10.9. The van der Waals surface area contributed by atoms with Gasteiger partial charge in [-0.3, -0.25) is 0 Å². The highest BCUT2D eigenvalue weighted by Gasteiger charge is 2.07. The Labute approximate surface area is 106 Å². The van der Waals surface area contributed by atoms with E-state index < -0.39 is 0 Å². The van der Waals surface area contributed by atoms with E-state index in [9.17, 15) is 5.11 Å². The third-order valence-corrected chi connectivity index (χ3v) is 3.32. The molecule has 0 unspecified atom stereocenters. The van der Waals surface area contributed by atoms with E-state index in [1.54, 1.807) is 0 Å². The van der Waals surface area contributed by atoms with Crippen molar-refractivity contribution in [3.63, 3.8) is 0 Å². The predicted octanol–water partition coefficient (Wildman–Crippen LogP) is 4.73. The molecule has 0 atom stereocenters. The number of phenolic OH excluding ortho intramolecular Hbond substituents is 1. The van der Waals surface area contributed by atoms with Gasteiger partial charge in [0.15, 0.2) is 0 Å². The van der Waals surface area contributed by atoms with E-state index in [4.69, 9.17) is 0 Å². The van der Waals surface area contributed by atoms with E-state index in [1.807, 2.05) is 37.3 Å². The summed E-state index contributed by atoms with van der Waals surface area (Å²) in [7, 11) is 0. The fraction of sp³-hybridized carbons (Fsp3) is 0.0588. The molecule has 0 saturated carbocycles. The van der Waals surface area contributed by atoms with Crippen LogP contribution in [-0.2, 0) is 0 Å². The minimum atomic E-state index is 0.325. The summed E-state index contributed by atoms with van der Waals surface area (Å²) in [5.41, 5.74) is 1.69. The second kappa shape index (κ2) is 3.88. The van der Waals surface area contributed by atoms with Crippen LogP contribution in [-0.4, -0.2) is 5.11 Å². The van der Waals surface area contributed by atoms with Crippen molar-refractivity contribution in [3.8, 4) is 5.75 Å². The Hall–Kier alpha value is -2.28. The van der Waals surface area contributed by atoms with E-state index in [2.05, 4.69) is 24.8 Å². The van der Waals surface area contributed by atoms with Gasteiger partial charge >= 0.3 is 0 Å². The maximum Gasteiger partial charge on any atom is 0.130 e. The molecule has 18 heavy (non-hydrogen) atoms. The minimum absolute atomic E-state index is 0.325. The van der Waals surface area contributed by atoms with Crippen molar-refractivity contribution in [2.45, 2.75) is 6.92 Å². The summed E-state index contributed by atoms with van der Waals surface area (Å²) < 4.78 is 0. The molecule has 0 spiro atoms. The average Bonchev–Trinajstić information content (AvgIpc) is 2.37. The van der Waals surface area contributed by atoms with Crippen LogP contribution >= 0.6 is 0 Å². The lowest BCUT2D eigenvalue weighted by Crippen LogP contribution is -1.83. The smallest absolute Gasteiger partial charge is 0.130 e. The number of hydrogen-bond acceptors (Lipinski definition) is 1. The highest BCUT2D eigenvalue weighted by Crippen LogP contribution is 2.34. The van der Waals surface area contributed by atoms with Crippen molar-refractivity contribution >= 4 is 27.1 Å². The van der Waals surface area contributed by atoms with Crippen LogP contribution in [0.1, 0.15) is 12.5 Å². The molecule has 0 heterocycles. The Kier molecular flexibility index (Phi) is 2.34. The Balaban J connectivity index is 2.44. The first-order chi connectivity index (χ1) is 8.66. The average molecular weight is 234 g/mol. The van der Waals surface area contributed by atoms with Gasteiger partial charge < -0.3 is 5.11 Å². The predicted molar refractivity (Wildman–Crippen MR) is 77.8 cm³/mol. The molecule has 0 aliphatic carbocycles. The van der Waals surface area contributed by atoms with Crippen molar-refractivity contribution < 1.29 is 5.11 Å². The summed E-state index contributed by atoms with van der Waals surface area (Å²) >= 11 is 0. The number of rotatable bonds is 1. The first-order valence-electron chi connectivity index (χ1n) is 5.97. The SMILES string of the molecule is C=C(C)c1ccc2cc3ccccc3cc2c1O. The highest BCUT2D eigenvalue weighted by atomic mass is 16.3. The first kappa shape index (κ1) is 10.8. The largest absolute Gasteiger partial charge is 0.507 e. The third-order valence-electron chi connectivity index (χ3n) is 3.32. The number of hydrogen-bond donors (Lipinski definition) is 1. The van der Waals surface area contributed by atoms with Crippen molar-refractivity contribution in [1.29, 1.82) is 0 Å². The maximum atomic E-state index is 10.3. The van der Waals surface area contributed by atoms with E-state index in [0.717, 1.165) is 27.3 Å². The molecule has 88 valence electrons.